The maximum Gasteiger partial charge on any atom is 0.490 e. The number of thioether (sulfide) groups is 1. The molecule has 14 heteroatoms. The van der Waals surface area contributed by atoms with Crippen molar-refractivity contribution in [1.29, 1.82) is 0 Å². The third-order valence-electron chi connectivity index (χ3n) is 3.16. The molecule has 2 rings (SSSR count). The van der Waals surface area contributed by atoms with Crippen LogP contribution in [-0.4, -0.2) is 62.9 Å². The molecule has 1 atom stereocenters. The Morgan fingerprint density at radius 3 is 2.03 bits per heavy atom. The van der Waals surface area contributed by atoms with Crippen molar-refractivity contribution in [2.45, 2.75) is 30.9 Å². The lowest BCUT2D eigenvalue weighted by atomic mass is 10.0. The zero-order chi connectivity index (χ0) is 24.2. The largest absolute Gasteiger partial charge is 0.490 e. The van der Waals surface area contributed by atoms with Crippen molar-refractivity contribution in [2.24, 2.45) is 0 Å². The highest BCUT2D eigenvalue weighted by Gasteiger charge is 2.38. The molecule has 3 N–H and O–H groups in total. The smallest absolute Gasteiger partial charge is 0.475 e. The van der Waals surface area contributed by atoms with Gasteiger partial charge in [-0.25, -0.2) is 9.59 Å². The minimum Gasteiger partial charge on any atom is -0.475 e. The molecule has 0 amide bonds. The van der Waals surface area contributed by atoms with Crippen molar-refractivity contribution in [1.82, 2.24) is 10.3 Å². The van der Waals surface area contributed by atoms with Crippen LogP contribution >= 0.6 is 11.8 Å². The molecule has 7 nitrogen and oxygen atoms in total. The summed E-state index contributed by atoms with van der Waals surface area (Å²) in [5.74, 6) is -5.51. The van der Waals surface area contributed by atoms with Crippen LogP contribution in [0, 0.1) is 0 Å². The van der Waals surface area contributed by atoms with Crippen molar-refractivity contribution < 1.29 is 50.9 Å². The standard InChI is InChI=1S/C13H16N2OS.2C2HF3O2/c1-10(16)17-13-4-6-15-9-12(13)7-11-3-2-5-14-8-11;2*3-2(4,5)1(6)7/h2-3,5,7-8,13,15H,4,6,9H2,1H3;2*(H,6,7)/b12-7+;;. The van der Waals surface area contributed by atoms with Gasteiger partial charge in [0.05, 0.1) is 0 Å². The second kappa shape index (κ2) is 12.9. The van der Waals surface area contributed by atoms with E-state index in [0.29, 0.717) is 5.25 Å². The van der Waals surface area contributed by atoms with Gasteiger partial charge in [0.2, 0.25) is 0 Å². The van der Waals surface area contributed by atoms with E-state index in [-0.39, 0.29) is 5.12 Å². The molecule has 0 bridgehead atoms. The number of halogens is 6. The molecule has 0 aliphatic carbocycles. The molecule has 0 aromatic carbocycles. The summed E-state index contributed by atoms with van der Waals surface area (Å²) in [7, 11) is 0. The van der Waals surface area contributed by atoms with Gasteiger partial charge in [0, 0.05) is 31.1 Å². The van der Waals surface area contributed by atoms with Gasteiger partial charge >= 0.3 is 24.3 Å². The molecule has 1 fully saturated rings. The van der Waals surface area contributed by atoms with Crippen molar-refractivity contribution >= 4 is 34.9 Å². The molecule has 1 saturated heterocycles. The highest BCUT2D eigenvalue weighted by molar-refractivity contribution is 8.14. The predicted octanol–water partition coefficient (Wildman–Crippen LogP) is 3.37. The fourth-order valence-electron chi connectivity index (χ4n) is 1.92. The number of carboxylic acids is 2. The molecule has 1 aromatic heterocycles. The van der Waals surface area contributed by atoms with Crippen LogP contribution in [0.15, 0.2) is 30.1 Å². The average molecular weight is 476 g/mol. The summed E-state index contributed by atoms with van der Waals surface area (Å²) in [6.45, 7) is 3.48. The van der Waals surface area contributed by atoms with Crippen LogP contribution in [0.1, 0.15) is 18.9 Å². The molecule has 0 saturated carbocycles. The number of carboxylic acid groups (broad SMARTS) is 2. The van der Waals surface area contributed by atoms with Crippen molar-refractivity contribution in [3.8, 4) is 0 Å². The summed E-state index contributed by atoms with van der Waals surface area (Å²) in [4.78, 5) is 33.1. The minimum absolute atomic E-state index is 0.189. The molecule has 31 heavy (non-hydrogen) atoms. The molecule has 1 unspecified atom stereocenters. The number of carbonyl (C=O) groups is 3. The maximum absolute atomic E-state index is 11.2. The number of alkyl halides is 6. The molecule has 1 aliphatic rings. The Bertz CT molecular complexity index is 745. The lowest BCUT2D eigenvalue weighted by Gasteiger charge is -2.24. The second-order valence-electron chi connectivity index (χ2n) is 5.67. The van der Waals surface area contributed by atoms with Crippen molar-refractivity contribution in [3.63, 3.8) is 0 Å². The fourth-order valence-corrected chi connectivity index (χ4v) is 2.86. The van der Waals surface area contributed by atoms with Gasteiger partial charge in [0.15, 0.2) is 5.12 Å². The third-order valence-corrected chi connectivity index (χ3v) is 4.31. The number of nitrogens with one attached hydrogen (secondary N) is 1. The number of rotatable bonds is 2. The lowest BCUT2D eigenvalue weighted by molar-refractivity contribution is -0.193. The summed E-state index contributed by atoms with van der Waals surface area (Å²) in [5, 5.41) is 18.1. The molecule has 2 heterocycles. The molecular formula is C17H18F6N2O5S. The van der Waals surface area contributed by atoms with Crippen LogP contribution < -0.4 is 5.32 Å². The Hall–Kier alpha value is -2.61. The molecule has 1 aliphatic heterocycles. The van der Waals surface area contributed by atoms with Crippen LogP contribution in [-0.2, 0) is 14.4 Å². The monoisotopic (exact) mass is 476 g/mol. The van der Waals surface area contributed by atoms with Crippen LogP contribution in [0.3, 0.4) is 0 Å². The number of hydrogen-bond donors (Lipinski definition) is 3. The van der Waals surface area contributed by atoms with E-state index in [1.54, 1.807) is 13.1 Å². The predicted molar refractivity (Wildman–Crippen MR) is 99.1 cm³/mol. The zero-order valence-corrected chi connectivity index (χ0v) is 16.6. The first-order chi connectivity index (χ1) is 14.1. The van der Waals surface area contributed by atoms with Crippen LogP contribution in [0.2, 0.25) is 0 Å². The summed E-state index contributed by atoms with van der Waals surface area (Å²) in [6, 6.07) is 3.96. The molecule has 1 aromatic rings. The van der Waals surface area contributed by atoms with Crippen LogP contribution in [0.4, 0.5) is 26.3 Å². The summed E-state index contributed by atoms with van der Waals surface area (Å²) in [5.41, 5.74) is 2.38. The van der Waals surface area contributed by atoms with Crippen LogP contribution in [0.5, 0.6) is 0 Å². The van der Waals surface area contributed by atoms with Gasteiger partial charge in [0.1, 0.15) is 0 Å². The van der Waals surface area contributed by atoms with E-state index < -0.39 is 24.3 Å². The summed E-state index contributed by atoms with van der Waals surface area (Å²) >= 11 is 1.44. The third kappa shape index (κ3) is 13.3. The Kier molecular flexibility index (Phi) is 11.9. The number of aliphatic carboxylic acids is 2. The highest BCUT2D eigenvalue weighted by Crippen LogP contribution is 2.26. The minimum atomic E-state index is -5.08. The van der Waals surface area contributed by atoms with E-state index >= 15 is 0 Å². The van der Waals surface area contributed by atoms with Gasteiger partial charge in [-0.15, -0.1) is 0 Å². The first-order valence-corrected chi connectivity index (χ1v) is 9.11. The quantitative estimate of drug-likeness (QED) is 0.557. The van der Waals surface area contributed by atoms with E-state index in [4.69, 9.17) is 19.8 Å². The Balaban J connectivity index is 0.000000536. The Labute approximate surface area is 176 Å². The first kappa shape index (κ1) is 28.4. The van der Waals surface area contributed by atoms with E-state index in [1.165, 1.54) is 17.3 Å². The normalized spacial score (nSPS) is 17.5. The number of hydrogen-bond acceptors (Lipinski definition) is 6. The van der Waals surface area contributed by atoms with E-state index in [9.17, 15) is 31.1 Å². The average Bonchev–Trinajstić information content (AvgIpc) is 2.63. The van der Waals surface area contributed by atoms with Gasteiger partial charge in [-0.1, -0.05) is 23.9 Å². The van der Waals surface area contributed by atoms with Crippen molar-refractivity contribution in [2.75, 3.05) is 13.1 Å². The summed E-state index contributed by atoms with van der Waals surface area (Å²) in [6.07, 6.45) is -3.41. The lowest BCUT2D eigenvalue weighted by Crippen LogP contribution is -2.32. The highest BCUT2D eigenvalue weighted by atomic mass is 32.2. The molecule has 0 radical (unpaired) electrons. The van der Waals surface area contributed by atoms with Gasteiger partial charge < -0.3 is 15.5 Å². The number of aromatic nitrogens is 1. The van der Waals surface area contributed by atoms with Gasteiger partial charge in [-0.05, 0) is 30.2 Å². The Morgan fingerprint density at radius 1 is 1.13 bits per heavy atom. The van der Waals surface area contributed by atoms with E-state index in [2.05, 4.69) is 16.4 Å². The number of piperidine rings is 1. The molecule has 0 spiro atoms. The van der Waals surface area contributed by atoms with Gasteiger partial charge in [-0.2, -0.15) is 26.3 Å². The SMILES string of the molecule is CC(=O)SC1CCNC/C1=C\c1cccnc1.O=C(O)C(F)(F)F.O=C(O)C(F)(F)F. The van der Waals surface area contributed by atoms with E-state index in [1.807, 2.05) is 18.3 Å². The Morgan fingerprint density at radius 2 is 1.65 bits per heavy atom. The van der Waals surface area contributed by atoms with Gasteiger partial charge in [-0.3, -0.25) is 9.78 Å². The second-order valence-corrected chi connectivity index (χ2v) is 7.05. The number of pyridine rings is 1. The fraction of sp³-hybridized carbons (Fsp3) is 0.412. The summed E-state index contributed by atoms with van der Waals surface area (Å²) < 4.78 is 63.5. The van der Waals surface area contributed by atoms with Gasteiger partial charge in [0.25, 0.3) is 0 Å². The maximum atomic E-state index is 11.2. The van der Waals surface area contributed by atoms with Crippen LogP contribution in [0.25, 0.3) is 6.08 Å². The number of carbonyl (C=O) groups excluding carboxylic acids is 1. The number of nitrogens with zero attached hydrogens (tertiary/aromatic N) is 1. The van der Waals surface area contributed by atoms with E-state index in [0.717, 1.165) is 25.1 Å². The zero-order valence-electron chi connectivity index (χ0n) is 15.8. The van der Waals surface area contributed by atoms with Crippen molar-refractivity contribution in [3.05, 3.63) is 35.7 Å². The first-order valence-electron chi connectivity index (χ1n) is 8.23. The molecular weight excluding hydrogens is 458 g/mol. The molecule has 174 valence electrons. The topological polar surface area (TPSA) is 117 Å².